The molecule has 0 saturated heterocycles. The fraction of sp³-hybridized carbons (Fsp3) is 0.167. The van der Waals surface area contributed by atoms with Crippen LogP contribution in [0.15, 0.2) is 95.1 Å². The molecule has 0 fully saturated rings. The van der Waals surface area contributed by atoms with Gasteiger partial charge in [-0.3, -0.25) is 19.2 Å². The average Bonchev–Trinajstić information content (AvgIpc) is 3.60. The van der Waals surface area contributed by atoms with Crippen molar-refractivity contribution in [2.75, 3.05) is 34.9 Å². The number of hydrazone groups is 2. The third kappa shape index (κ3) is 8.95. The van der Waals surface area contributed by atoms with E-state index in [1.807, 2.05) is 0 Å². The Labute approximate surface area is 312 Å². The first-order valence-electron chi connectivity index (χ1n) is 15.4. The molecule has 0 aromatic heterocycles. The maximum absolute atomic E-state index is 13.2. The van der Waals surface area contributed by atoms with E-state index in [0.717, 1.165) is 12.1 Å². The van der Waals surface area contributed by atoms with Crippen LogP contribution in [0.25, 0.3) is 0 Å². The minimum atomic E-state index is -1.07. The number of halogens is 4. The molecule has 2 atom stereocenters. The number of carbonyl (C=O) groups excluding carboxylic acids is 4. The van der Waals surface area contributed by atoms with Gasteiger partial charge in [0.15, 0.2) is 11.8 Å². The Kier molecular flexibility index (Phi) is 12.8. The number of nitrogens with one attached hydrogen (secondary N) is 2. The van der Waals surface area contributed by atoms with Crippen molar-refractivity contribution < 1.29 is 42.9 Å². The van der Waals surface area contributed by atoms with E-state index in [2.05, 4.69) is 20.8 Å². The van der Waals surface area contributed by atoms with E-state index >= 15 is 0 Å². The molecule has 53 heavy (non-hydrogen) atoms. The van der Waals surface area contributed by atoms with Gasteiger partial charge in [-0.05, 0) is 98.8 Å². The summed E-state index contributed by atoms with van der Waals surface area (Å²) in [4.78, 5) is 50.3. The van der Waals surface area contributed by atoms with Gasteiger partial charge in [0.2, 0.25) is 11.8 Å². The normalized spacial score (nSPS) is 16.2. The lowest BCUT2D eigenvalue weighted by molar-refractivity contribution is -0.129. The molecule has 6 rings (SSSR count). The summed E-state index contributed by atoms with van der Waals surface area (Å²) in [5.41, 5.74) is 2.36. The van der Waals surface area contributed by atoms with Gasteiger partial charge in [-0.15, -0.1) is 0 Å². The molecule has 4 aromatic carbocycles. The molecule has 0 spiro atoms. The van der Waals surface area contributed by atoms with Gasteiger partial charge in [0.25, 0.3) is 11.8 Å². The highest BCUT2D eigenvalue weighted by atomic mass is 35.5. The van der Waals surface area contributed by atoms with Crippen LogP contribution in [0.5, 0.6) is 11.5 Å². The highest BCUT2D eigenvalue weighted by Gasteiger charge is 2.41. The van der Waals surface area contributed by atoms with Crippen LogP contribution in [-0.2, 0) is 19.2 Å². The van der Waals surface area contributed by atoms with E-state index in [1.165, 1.54) is 34.3 Å². The number of hydrogen-bond acceptors (Lipinski definition) is 8. The van der Waals surface area contributed by atoms with Gasteiger partial charge in [0, 0.05) is 11.4 Å². The molecule has 2 aliphatic heterocycles. The highest BCUT2D eigenvalue weighted by Crippen LogP contribution is 2.29. The van der Waals surface area contributed by atoms with Crippen molar-refractivity contribution in [2.24, 2.45) is 22.0 Å². The summed E-state index contributed by atoms with van der Waals surface area (Å²) in [7, 11) is 3.08. The monoisotopic (exact) mass is 768 g/mol. The van der Waals surface area contributed by atoms with Crippen LogP contribution >= 0.6 is 23.2 Å². The van der Waals surface area contributed by atoms with Gasteiger partial charge < -0.3 is 25.6 Å². The topological polar surface area (TPSA) is 174 Å². The first kappa shape index (κ1) is 39.9. The van der Waals surface area contributed by atoms with Crippen molar-refractivity contribution in [2.45, 2.75) is 13.8 Å². The molecule has 4 aromatic rings. The summed E-state index contributed by atoms with van der Waals surface area (Å²) in [6.07, 6.45) is 0. The average molecular weight is 770 g/mol. The molecule has 4 amide bonds. The molecule has 0 radical (unpaired) electrons. The lowest BCUT2D eigenvalue weighted by Gasteiger charge is -2.15. The summed E-state index contributed by atoms with van der Waals surface area (Å²) >= 11 is 11.4. The van der Waals surface area contributed by atoms with Gasteiger partial charge >= 0.3 is 0 Å². The Morgan fingerprint density at radius 1 is 0.642 bits per heavy atom. The molecule has 276 valence electrons. The first-order valence-corrected chi connectivity index (χ1v) is 16.1. The van der Waals surface area contributed by atoms with Crippen molar-refractivity contribution in [1.29, 1.82) is 0 Å². The fourth-order valence-electron chi connectivity index (χ4n) is 5.13. The zero-order valence-electron chi connectivity index (χ0n) is 28.5. The number of ether oxygens (including phenoxy) is 2. The number of hydrogen-bond donors (Lipinski definition) is 2. The minimum absolute atomic E-state index is 0. The predicted molar refractivity (Wildman–Crippen MR) is 198 cm³/mol. The lowest BCUT2D eigenvalue weighted by atomic mass is 10.0. The van der Waals surface area contributed by atoms with Crippen LogP contribution in [-0.4, -0.2) is 54.7 Å². The third-order valence-corrected chi connectivity index (χ3v) is 8.37. The van der Waals surface area contributed by atoms with Crippen molar-refractivity contribution >= 4 is 81.0 Å². The number of amides is 4. The van der Waals surface area contributed by atoms with E-state index in [9.17, 15) is 28.0 Å². The van der Waals surface area contributed by atoms with Crippen LogP contribution in [0.3, 0.4) is 0 Å². The van der Waals surface area contributed by atoms with Crippen molar-refractivity contribution in [1.82, 2.24) is 0 Å². The molecule has 4 N–H and O–H groups in total. The first-order chi connectivity index (χ1) is 24.8. The summed E-state index contributed by atoms with van der Waals surface area (Å²) in [6, 6.07) is 21.0. The molecule has 0 saturated carbocycles. The largest absolute Gasteiger partial charge is 0.497 e. The van der Waals surface area contributed by atoms with Crippen molar-refractivity contribution in [3.8, 4) is 11.5 Å². The Hall–Kier alpha value is -5.90. The maximum atomic E-state index is 13.2. The van der Waals surface area contributed by atoms with Gasteiger partial charge in [0.05, 0.1) is 47.1 Å². The van der Waals surface area contributed by atoms with Crippen LogP contribution in [0.1, 0.15) is 13.8 Å². The SMILES string of the molecule is COc1ccc(N2N=C(C)C(C(=O)Nc3ccc(F)c(Cl)c3)C2=O)cc1.COc1ccc(N2N=C(C)C(C(=O)Nc3ccc(F)c(Cl)c3)C2=O)cc1.O. The maximum Gasteiger partial charge on any atom is 0.265 e. The molecule has 17 heteroatoms. The number of nitrogens with zero attached hydrogens (tertiary/aromatic N) is 4. The number of carbonyl (C=O) groups is 4. The van der Waals surface area contributed by atoms with Crippen LogP contribution < -0.4 is 30.1 Å². The van der Waals surface area contributed by atoms with E-state index in [-0.39, 0.29) is 15.5 Å². The van der Waals surface area contributed by atoms with Crippen LogP contribution in [0.2, 0.25) is 10.0 Å². The van der Waals surface area contributed by atoms with Gasteiger partial charge in [-0.1, -0.05) is 23.2 Å². The van der Waals surface area contributed by atoms with E-state index < -0.39 is 47.1 Å². The quantitative estimate of drug-likeness (QED) is 0.205. The summed E-state index contributed by atoms with van der Waals surface area (Å²) in [6.45, 7) is 3.20. The zero-order valence-corrected chi connectivity index (χ0v) is 30.0. The number of rotatable bonds is 8. The Balaban J connectivity index is 0.000000232. The summed E-state index contributed by atoms with van der Waals surface area (Å²) in [5, 5.41) is 15.6. The lowest BCUT2D eigenvalue weighted by Crippen LogP contribution is -2.36. The third-order valence-electron chi connectivity index (χ3n) is 7.80. The van der Waals surface area contributed by atoms with Crippen molar-refractivity contribution in [3.63, 3.8) is 0 Å². The second-order valence-corrected chi connectivity index (χ2v) is 12.1. The minimum Gasteiger partial charge on any atom is -0.497 e. The molecule has 0 aliphatic carbocycles. The molecular weight excluding hydrogens is 737 g/mol. The number of benzene rings is 4. The van der Waals surface area contributed by atoms with Crippen LogP contribution in [0, 0.1) is 23.5 Å². The molecule has 0 bridgehead atoms. The smallest absolute Gasteiger partial charge is 0.265 e. The zero-order chi connectivity index (χ0) is 37.7. The second-order valence-electron chi connectivity index (χ2n) is 11.3. The van der Waals surface area contributed by atoms with Gasteiger partial charge in [0.1, 0.15) is 23.1 Å². The van der Waals surface area contributed by atoms with Gasteiger partial charge in [-0.2, -0.15) is 20.2 Å². The number of anilines is 4. The fourth-order valence-corrected chi connectivity index (χ4v) is 5.49. The van der Waals surface area contributed by atoms with E-state index in [1.54, 1.807) is 76.6 Å². The highest BCUT2D eigenvalue weighted by molar-refractivity contribution is 6.32. The summed E-state index contributed by atoms with van der Waals surface area (Å²) in [5.74, 6) is -4.11. The molecular formula is C36H32Cl2F2N6O7. The standard InChI is InChI=1S/2C18H15ClFN3O3.H2O/c2*1-10-16(17(24)21-11-3-8-15(20)14(19)9-11)18(25)23(22-10)12-4-6-13(26-2)7-5-12;/h2*3-9,16H,1-2H3,(H,21,24);1H2. The van der Waals surface area contributed by atoms with E-state index in [4.69, 9.17) is 32.7 Å². The number of methoxy groups -OCH3 is 2. The molecule has 13 nitrogen and oxygen atoms in total. The van der Waals surface area contributed by atoms with E-state index in [0.29, 0.717) is 45.7 Å². The van der Waals surface area contributed by atoms with Gasteiger partial charge in [-0.25, -0.2) is 8.78 Å². The molecule has 2 aliphatic rings. The van der Waals surface area contributed by atoms with Crippen LogP contribution in [0.4, 0.5) is 31.5 Å². The Morgan fingerprint density at radius 3 is 1.28 bits per heavy atom. The molecule has 2 unspecified atom stereocenters. The Bertz CT molecular complexity index is 1950. The molecule has 2 heterocycles. The second kappa shape index (κ2) is 17.1. The summed E-state index contributed by atoms with van der Waals surface area (Å²) < 4.78 is 36.6. The van der Waals surface area contributed by atoms with Crippen molar-refractivity contribution in [3.05, 3.63) is 107 Å². The Morgan fingerprint density at radius 2 is 0.981 bits per heavy atom. The predicted octanol–water partition coefficient (Wildman–Crippen LogP) is 6.11.